The number of aliphatic hydroxyl groups excluding tert-OH is 5. The number of hydrogen-bond donors (Lipinski definition) is 6. The van der Waals surface area contributed by atoms with Crippen LogP contribution in [-0.4, -0.2) is 120 Å². The SMILES string of the molecule is CO[C@@H]1OC(CO)[C@@H](O[C@@H]2OC(CO)[C@H](O)[C@H](OC)C2O)[C@H](O)C1NC(C)=O. The Labute approximate surface area is 161 Å². The molecule has 4 unspecified atom stereocenters. The van der Waals surface area contributed by atoms with Gasteiger partial charge in [0, 0.05) is 21.1 Å². The highest BCUT2D eigenvalue weighted by Gasteiger charge is 2.51. The van der Waals surface area contributed by atoms with Crippen LogP contribution in [-0.2, 0) is 28.5 Å². The third kappa shape index (κ3) is 4.79. The number of methoxy groups -OCH3 is 2. The predicted octanol–water partition coefficient (Wildman–Crippen LogP) is -3.95. The first-order valence-corrected chi connectivity index (χ1v) is 8.84. The van der Waals surface area contributed by atoms with E-state index in [4.69, 9.17) is 23.7 Å². The normalized spacial score (nSPS) is 44.3. The molecule has 0 spiro atoms. The van der Waals surface area contributed by atoms with Gasteiger partial charge in [-0.2, -0.15) is 0 Å². The van der Waals surface area contributed by atoms with Crippen LogP contribution >= 0.6 is 0 Å². The molecule has 6 N–H and O–H groups in total. The van der Waals surface area contributed by atoms with Crippen LogP contribution in [0, 0.1) is 0 Å². The fraction of sp³-hybridized carbons (Fsp3) is 0.938. The maximum Gasteiger partial charge on any atom is 0.217 e. The minimum absolute atomic E-state index is 0.451. The number of carbonyl (C=O) groups excluding carboxylic acids is 1. The van der Waals surface area contributed by atoms with Gasteiger partial charge < -0.3 is 54.5 Å². The summed E-state index contributed by atoms with van der Waals surface area (Å²) in [6, 6.07) is -1.02. The van der Waals surface area contributed by atoms with Gasteiger partial charge in [0.2, 0.25) is 5.91 Å². The van der Waals surface area contributed by atoms with Gasteiger partial charge in [-0.3, -0.25) is 4.79 Å². The quantitative estimate of drug-likeness (QED) is 0.241. The van der Waals surface area contributed by atoms with E-state index in [2.05, 4.69) is 5.32 Å². The molecule has 0 aromatic heterocycles. The summed E-state index contributed by atoms with van der Waals surface area (Å²) >= 11 is 0. The van der Waals surface area contributed by atoms with Crippen LogP contribution in [0.2, 0.25) is 0 Å². The lowest BCUT2D eigenvalue weighted by Crippen LogP contribution is -2.67. The standard InChI is InChI=1S/C16H29NO11/c1-6(20)17-9-11(22)13(8(5-19)27-15(9)25-3)28-16-12(23)14(24-2)10(21)7(4-18)26-16/h7-16,18-19,21-23H,4-5H2,1-3H3,(H,17,20)/t7?,8?,9?,10-,11+,12?,13+,14-,15+,16-/m0/s1. The Morgan fingerprint density at radius 3 is 2.00 bits per heavy atom. The lowest BCUT2D eigenvalue weighted by Gasteiger charge is -2.47. The molecule has 2 rings (SSSR count). The van der Waals surface area contributed by atoms with E-state index in [1.54, 1.807) is 0 Å². The summed E-state index contributed by atoms with van der Waals surface area (Å²) in [4.78, 5) is 11.5. The van der Waals surface area contributed by atoms with Gasteiger partial charge >= 0.3 is 0 Å². The van der Waals surface area contributed by atoms with Crippen LogP contribution in [0.1, 0.15) is 6.92 Å². The first kappa shape index (κ1) is 23.3. The van der Waals surface area contributed by atoms with Crippen molar-refractivity contribution in [3.8, 4) is 0 Å². The van der Waals surface area contributed by atoms with E-state index in [1.807, 2.05) is 0 Å². The van der Waals surface area contributed by atoms with Gasteiger partial charge in [-0.05, 0) is 0 Å². The smallest absolute Gasteiger partial charge is 0.217 e. The maximum atomic E-state index is 11.5. The van der Waals surface area contributed by atoms with Crippen molar-refractivity contribution in [3.63, 3.8) is 0 Å². The number of nitrogens with one attached hydrogen (secondary N) is 1. The summed E-state index contributed by atoms with van der Waals surface area (Å²) < 4.78 is 26.8. The van der Waals surface area contributed by atoms with E-state index in [1.165, 1.54) is 21.1 Å². The number of ether oxygens (including phenoxy) is 5. The molecule has 0 radical (unpaired) electrons. The van der Waals surface area contributed by atoms with Crippen LogP contribution in [0.25, 0.3) is 0 Å². The average molecular weight is 411 g/mol. The molecule has 12 nitrogen and oxygen atoms in total. The Morgan fingerprint density at radius 1 is 0.893 bits per heavy atom. The van der Waals surface area contributed by atoms with E-state index in [9.17, 15) is 30.3 Å². The largest absolute Gasteiger partial charge is 0.394 e. The highest BCUT2D eigenvalue weighted by Crippen LogP contribution is 2.30. The number of amides is 1. The van der Waals surface area contributed by atoms with Gasteiger partial charge in [-0.15, -0.1) is 0 Å². The number of aliphatic hydroxyl groups is 5. The first-order valence-electron chi connectivity index (χ1n) is 8.84. The Morgan fingerprint density at radius 2 is 1.50 bits per heavy atom. The maximum absolute atomic E-state index is 11.5. The summed E-state index contributed by atoms with van der Waals surface area (Å²) in [5.74, 6) is -0.451. The zero-order valence-corrected chi connectivity index (χ0v) is 15.9. The minimum atomic E-state index is -1.46. The van der Waals surface area contributed by atoms with Crippen LogP contribution < -0.4 is 5.32 Å². The van der Waals surface area contributed by atoms with Crippen LogP contribution in [0.4, 0.5) is 0 Å². The van der Waals surface area contributed by atoms with Gasteiger partial charge in [0.1, 0.15) is 48.8 Å². The van der Waals surface area contributed by atoms with Crippen LogP contribution in [0.15, 0.2) is 0 Å². The Balaban J connectivity index is 2.21. The topological polar surface area (TPSA) is 176 Å². The third-order valence-corrected chi connectivity index (χ3v) is 4.84. The van der Waals surface area contributed by atoms with E-state index >= 15 is 0 Å². The van der Waals surface area contributed by atoms with Gasteiger partial charge in [0.25, 0.3) is 0 Å². The molecule has 0 aliphatic carbocycles. The molecule has 0 aromatic rings. The van der Waals surface area contributed by atoms with E-state index in [0.29, 0.717) is 0 Å². The minimum Gasteiger partial charge on any atom is -0.394 e. The molecule has 2 aliphatic rings. The molecule has 0 bridgehead atoms. The summed E-state index contributed by atoms with van der Waals surface area (Å²) in [5, 5.41) is 52.7. The molecule has 12 heteroatoms. The molecule has 1 amide bonds. The molecular weight excluding hydrogens is 382 g/mol. The fourth-order valence-corrected chi connectivity index (χ4v) is 3.42. The highest BCUT2D eigenvalue weighted by molar-refractivity contribution is 5.73. The fourth-order valence-electron chi connectivity index (χ4n) is 3.42. The van der Waals surface area contributed by atoms with Crippen molar-refractivity contribution in [2.45, 2.75) is 68.3 Å². The van der Waals surface area contributed by atoms with Crippen molar-refractivity contribution in [3.05, 3.63) is 0 Å². The molecule has 2 aliphatic heterocycles. The Kier molecular flexibility index (Phi) is 8.51. The van der Waals surface area contributed by atoms with E-state index in [-0.39, 0.29) is 0 Å². The Hall–Kier alpha value is -0.930. The van der Waals surface area contributed by atoms with Crippen molar-refractivity contribution >= 4 is 5.91 Å². The molecule has 10 atom stereocenters. The lowest BCUT2D eigenvalue weighted by molar-refractivity contribution is -0.348. The lowest BCUT2D eigenvalue weighted by atomic mass is 9.95. The first-order chi connectivity index (χ1) is 13.3. The van der Waals surface area contributed by atoms with Gasteiger partial charge in [0.15, 0.2) is 12.6 Å². The van der Waals surface area contributed by atoms with Gasteiger partial charge in [0.05, 0.1) is 13.2 Å². The second-order valence-electron chi connectivity index (χ2n) is 6.69. The highest BCUT2D eigenvalue weighted by atomic mass is 16.7. The number of carbonyl (C=O) groups is 1. The zero-order valence-electron chi connectivity index (χ0n) is 15.9. The van der Waals surface area contributed by atoms with E-state index in [0.717, 1.165) is 0 Å². The average Bonchev–Trinajstić information content (AvgIpc) is 2.67. The van der Waals surface area contributed by atoms with Crippen molar-refractivity contribution in [1.82, 2.24) is 5.32 Å². The molecule has 2 fully saturated rings. The summed E-state index contributed by atoms with van der Waals surface area (Å²) in [7, 11) is 2.57. The number of rotatable bonds is 7. The Bertz CT molecular complexity index is 509. The zero-order chi connectivity index (χ0) is 21.0. The predicted molar refractivity (Wildman–Crippen MR) is 89.8 cm³/mol. The van der Waals surface area contributed by atoms with Crippen molar-refractivity contribution < 1.29 is 54.0 Å². The molecule has 28 heavy (non-hydrogen) atoms. The molecule has 2 saturated heterocycles. The van der Waals surface area contributed by atoms with Crippen molar-refractivity contribution in [2.24, 2.45) is 0 Å². The molecular formula is C16H29NO11. The van der Waals surface area contributed by atoms with Crippen LogP contribution in [0.5, 0.6) is 0 Å². The van der Waals surface area contributed by atoms with Gasteiger partial charge in [-0.25, -0.2) is 0 Å². The molecule has 0 saturated carbocycles. The summed E-state index contributed by atoms with van der Waals surface area (Å²) in [5.41, 5.74) is 0. The van der Waals surface area contributed by atoms with Gasteiger partial charge in [-0.1, -0.05) is 0 Å². The van der Waals surface area contributed by atoms with Crippen LogP contribution in [0.3, 0.4) is 0 Å². The second-order valence-corrected chi connectivity index (χ2v) is 6.69. The molecule has 0 aromatic carbocycles. The molecule has 2 heterocycles. The van der Waals surface area contributed by atoms with Crippen molar-refractivity contribution in [1.29, 1.82) is 0 Å². The van der Waals surface area contributed by atoms with Crippen molar-refractivity contribution in [2.75, 3.05) is 27.4 Å². The summed E-state index contributed by atoms with van der Waals surface area (Å²) in [6.45, 7) is 0.121. The molecule has 164 valence electrons. The monoisotopic (exact) mass is 411 g/mol. The third-order valence-electron chi connectivity index (χ3n) is 4.84. The summed E-state index contributed by atoms with van der Waals surface area (Å²) in [6.07, 6.45) is -11.2. The second kappa shape index (κ2) is 10.2. The number of hydrogen-bond acceptors (Lipinski definition) is 11. The van der Waals surface area contributed by atoms with E-state index < -0.39 is 80.5 Å².